The van der Waals surface area contributed by atoms with Gasteiger partial charge in [-0.2, -0.15) is 0 Å². The Morgan fingerprint density at radius 3 is 2.56 bits per heavy atom. The molecule has 0 atom stereocenters. The predicted molar refractivity (Wildman–Crippen MR) is 67.1 cm³/mol. The van der Waals surface area contributed by atoms with E-state index in [1.165, 1.54) is 0 Å². The van der Waals surface area contributed by atoms with Crippen molar-refractivity contribution in [1.29, 1.82) is 0 Å². The van der Waals surface area contributed by atoms with Crippen LogP contribution in [0.5, 0.6) is 0 Å². The van der Waals surface area contributed by atoms with Gasteiger partial charge in [-0.1, -0.05) is 13.8 Å². The van der Waals surface area contributed by atoms with Crippen LogP contribution in [-0.4, -0.2) is 31.0 Å². The summed E-state index contributed by atoms with van der Waals surface area (Å²) in [4.78, 5) is 15.5. The SMILES string of the molecule is CC(C)C=NCCCNC(=O)OC(C)(C)C. The van der Waals surface area contributed by atoms with Gasteiger partial charge in [-0.05, 0) is 33.1 Å². The number of amides is 1. The van der Waals surface area contributed by atoms with E-state index in [2.05, 4.69) is 24.2 Å². The summed E-state index contributed by atoms with van der Waals surface area (Å²) in [6.45, 7) is 11.1. The quantitative estimate of drug-likeness (QED) is 0.581. The largest absolute Gasteiger partial charge is 0.444 e. The lowest BCUT2D eigenvalue weighted by Gasteiger charge is -2.19. The molecule has 0 rings (SSSR count). The highest BCUT2D eigenvalue weighted by Crippen LogP contribution is 2.06. The Balaban J connectivity index is 3.49. The minimum atomic E-state index is -0.431. The molecule has 0 fully saturated rings. The second kappa shape index (κ2) is 7.25. The summed E-state index contributed by atoms with van der Waals surface area (Å²) < 4.78 is 5.09. The first kappa shape index (κ1) is 14.9. The minimum absolute atomic E-state index is 0.361. The number of alkyl carbamates (subject to hydrolysis) is 1. The zero-order valence-electron chi connectivity index (χ0n) is 11.0. The van der Waals surface area contributed by atoms with Crippen molar-refractivity contribution in [1.82, 2.24) is 5.32 Å². The van der Waals surface area contributed by atoms with Crippen molar-refractivity contribution in [3.05, 3.63) is 0 Å². The fraction of sp³-hybridized carbons (Fsp3) is 0.833. The van der Waals surface area contributed by atoms with Crippen LogP contribution in [0.1, 0.15) is 41.0 Å². The van der Waals surface area contributed by atoms with Crippen molar-refractivity contribution in [3.63, 3.8) is 0 Å². The Bertz CT molecular complexity index is 230. The van der Waals surface area contributed by atoms with Crippen LogP contribution in [-0.2, 0) is 4.74 Å². The molecule has 0 aromatic rings. The van der Waals surface area contributed by atoms with Crippen molar-refractivity contribution in [2.24, 2.45) is 10.9 Å². The fourth-order valence-electron chi connectivity index (χ4n) is 0.960. The van der Waals surface area contributed by atoms with Gasteiger partial charge in [-0.15, -0.1) is 0 Å². The van der Waals surface area contributed by atoms with Crippen LogP contribution in [0.25, 0.3) is 0 Å². The molecule has 0 spiro atoms. The maximum atomic E-state index is 11.2. The molecule has 1 N–H and O–H groups in total. The molecule has 0 unspecified atom stereocenters. The number of ether oxygens (including phenoxy) is 1. The Hall–Kier alpha value is -1.06. The third kappa shape index (κ3) is 11.0. The van der Waals surface area contributed by atoms with Gasteiger partial charge in [-0.25, -0.2) is 4.79 Å². The van der Waals surface area contributed by atoms with Crippen LogP contribution in [0, 0.1) is 5.92 Å². The first-order valence-corrected chi connectivity index (χ1v) is 5.78. The van der Waals surface area contributed by atoms with E-state index >= 15 is 0 Å². The minimum Gasteiger partial charge on any atom is -0.444 e. The van der Waals surface area contributed by atoms with Crippen molar-refractivity contribution in [2.45, 2.75) is 46.6 Å². The Kier molecular flexibility index (Phi) is 6.77. The molecule has 1 amide bonds. The number of hydrogen-bond acceptors (Lipinski definition) is 3. The number of rotatable bonds is 5. The molecule has 0 aromatic carbocycles. The van der Waals surface area contributed by atoms with Crippen LogP contribution < -0.4 is 5.32 Å². The zero-order valence-corrected chi connectivity index (χ0v) is 11.0. The Morgan fingerprint density at radius 2 is 2.06 bits per heavy atom. The Labute approximate surface area is 98.5 Å². The molecule has 0 saturated carbocycles. The van der Waals surface area contributed by atoms with Gasteiger partial charge in [0.15, 0.2) is 0 Å². The van der Waals surface area contributed by atoms with Gasteiger partial charge in [0.05, 0.1) is 0 Å². The monoisotopic (exact) mass is 228 g/mol. The highest BCUT2D eigenvalue weighted by molar-refractivity contribution is 5.67. The van der Waals surface area contributed by atoms with Crippen molar-refractivity contribution in [3.8, 4) is 0 Å². The van der Waals surface area contributed by atoms with Gasteiger partial charge in [0.25, 0.3) is 0 Å². The molecule has 16 heavy (non-hydrogen) atoms. The van der Waals surface area contributed by atoms with Crippen LogP contribution in [0.15, 0.2) is 4.99 Å². The molecule has 0 aliphatic heterocycles. The number of carbonyl (C=O) groups is 1. The predicted octanol–water partition coefficient (Wildman–Crippen LogP) is 2.63. The van der Waals surface area contributed by atoms with E-state index in [-0.39, 0.29) is 6.09 Å². The summed E-state index contributed by atoms with van der Waals surface area (Å²) in [6.07, 6.45) is 2.40. The third-order valence-corrected chi connectivity index (χ3v) is 1.54. The summed E-state index contributed by atoms with van der Waals surface area (Å²) in [7, 11) is 0. The molecule has 4 heteroatoms. The molecule has 0 aliphatic rings. The molecule has 0 bridgehead atoms. The van der Waals surface area contributed by atoms with E-state index in [0.717, 1.165) is 13.0 Å². The van der Waals surface area contributed by atoms with Crippen molar-refractivity contribution >= 4 is 12.3 Å². The van der Waals surface area contributed by atoms with E-state index in [9.17, 15) is 4.79 Å². The lowest BCUT2D eigenvalue weighted by atomic mass is 10.2. The van der Waals surface area contributed by atoms with Gasteiger partial charge >= 0.3 is 6.09 Å². The molecule has 0 saturated heterocycles. The number of carbonyl (C=O) groups excluding carboxylic acids is 1. The van der Waals surface area contributed by atoms with Crippen LogP contribution in [0.3, 0.4) is 0 Å². The smallest absolute Gasteiger partial charge is 0.407 e. The fourth-order valence-corrected chi connectivity index (χ4v) is 0.960. The summed E-state index contributed by atoms with van der Waals surface area (Å²) >= 11 is 0. The first-order valence-electron chi connectivity index (χ1n) is 5.78. The Morgan fingerprint density at radius 1 is 1.44 bits per heavy atom. The van der Waals surface area contributed by atoms with E-state index in [1.807, 2.05) is 27.0 Å². The summed E-state index contributed by atoms with van der Waals surface area (Å²) in [5.41, 5.74) is -0.431. The lowest BCUT2D eigenvalue weighted by Crippen LogP contribution is -2.33. The summed E-state index contributed by atoms with van der Waals surface area (Å²) in [5.74, 6) is 0.485. The first-order chi connectivity index (χ1) is 7.31. The van der Waals surface area contributed by atoms with Crippen LogP contribution in [0.4, 0.5) is 4.79 Å². The molecule has 0 radical (unpaired) electrons. The number of nitrogens with one attached hydrogen (secondary N) is 1. The topological polar surface area (TPSA) is 50.7 Å². The lowest BCUT2D eigenvalue weighted by molar-refractivity contribution is 0.0527. The summed E-state index contributed by atoms with van der Waals surface area (Å²) in [6, 6.07) is 0. The maximum absolute atomic E-state index is 11.2. The average molecular weight is 228 g/mol. The van der Waals surface area contributed by atoms with E-state index in [0.29, 0.717) is 12.5 Å². The van der Waals surface area contributed by atoms with Gasteiger partial charge in [-0.3, -0.25) is 4.99 Å². The second-order valence-electron chi connectivity index (χ2n) is 5.08. The summed E-state index contributed by atoms with van der Waals surface area (Å²) in [5, 5.41) is 2.69. The van der Waals surface area contributed by atoms with E-state index in [4.69, 9.17) is 4.74 Å². The van der Waals surface area contributed by atoms with Crippen molar-refractivity contribution in [2.75, 3.05) is 13.1 Å². The van der Waals surface area contributed by atoms with E-state index < -0.39 is 5.60 Å². The number of aliphatic imine (C=N–C) groups is 1. The normalized spacial score (nSPS) is 12.1. The maximum Gasteiger partial charge on any atom is 0.407 e. The highest BCUT2D eigenvalue weighted by atomic mass is 16.6. The molecule has 4 nitrogen and oxygen atoms in total. The highest BCUT2D eigenvalue weighted by Gasteiger charge is 2.15. The van der Waals surface area contributed by atoms with Gasteiger partial charge in [0.2, 0.25) is 0 Å². The van der Waals surface area contributed by atoms with Crippen molar-refractivity contribution < 1.29 is 9.53 Å². The van der Waals surface area contributed by atoms with Gasteiger partial charge in [0.1, 0.15) is 5.60 Å². The molecule has 0 aliphatic carbocycles. The van der Waals surface area contributed by atoms with Gasteiger partial charge < -0.3 is 10.1 Å². The molecular weight excluding hydrogens is 204 g/mol. The van der Waals surface area contributed by atoms with Gasteiger partial charge in [0, 0.05) is 19.3 Å². The molecular formula is C12H24N2O2. The molecule has 0 heterocycles. The van der Waals surface area contributed by atoms with Crippen LogP contribution in [0.2, 0.25) is 0 Å². The average Bonchev–Trinajstić information content (AvgIpc) is 2.07. The molecule has 94 valence electrons. The number of nitrogens with zero attached hydrogens (tertiary/aromatic N) is 1. The zero-order chi connectivity index (χ0) is 12.6. The van der Waals surface area contributed by atoms with E-state index in [1.54, 1.807) is 0 Å². The third-order valence-electron chi connectivity index (χ3n) is 1.54. The molecule has 0 aromatic heterocycles. The second-order valence-corrected chi connectivity index (χ2v) is 5.08. The number of hydrogen-bond donors (Lipinski definition) is 1. The standard InChI is InChI=1S/C12H24N2O2/c1-10(2)9-13-7-6-8-14-11(15)16-12(3,4)5/h9-10H,6-8H2,1-5H3,(H,14,15). The van der Waals surface area contributed by atoms with Crippen LogP contribution >= 0.6 is 0 Å².